The molecule has 0 aliphatic heterocycles. The van der Waals surface area contributed by atoms with Gasteiger partial charge >= 0.3 is 39.5 Å². The number of phosphoric acid groups is 2. The minimum absolute atomic E-state index is 0.0249. The monoisotopic (exact) mass is 1520 g/mol. The number of hydrogen-bond donors (Lipinski definition) is 3. The number of ether oxygens (including phenoxy) is 4. The summed E-state index contributed by atoms with van der Waals surface area (Å²) in [6, 6.07) is 0. The Hall–Kier alpha value is -5.32. The van der Waals surface area contributed by atoms with E-state index in [0.29, 0.717) is 38.5 Å². The van der Waals surface area contributed by atoms with Gasteiger partial charge in [0, 0.05) is 25.7 Å². The Morgan fingerprint density at radius 2 is 0.500 bits per heavy atom. The van der Waals surface area contributed by atoms with Crippen LogP contribution in [0, 0.1) is 0 Å². The van der Waals surface area contributed by atoms with Crippen molar-refractivity contribution in [2.75, 3.05) is 39.6 Å². The lowest BCUT2D eigenvalue weighted by molar-refractivity contribution is -0.161. The van der Waals surface area contributed by atoms with Gasteiger partial charge in [-0.05, 0) is 167 Å². The molecule has 0 heterocycles. The fourth-order valence-electron chi connectivity index (χ4n) is 10.3. The van der Waals surface area contributed by atoms with Gasteiger partial charge in [0.1, 0.15) is 19.3 Å². The Kier molecular flexibility index (Phi) is 73.9. The minimum atomic E-state index is -5.01. The molecular weight excluding hydrogens is 1380 g/mol. The van der Waals surface area contributed by atoms with E-state index in [2.05, 4.69) is 174 Å². The zero-order valence-corrected chi connectivity index (χ0v) is 67.8. The van der Waals surface area contributed by atoms with Crippen LogP contribution < -0.4 is 0 Å². The van der Waals surface area contributed by atoms with E-state index in [9.17, 15) is 43.2 Å². The van der Waals surface area contributed by atoms with E-state index in [1.165, 1.54) is 57.8 Å². The van der Waals surface area contributed by atoms with Gasteiger partial charge in [-0.15, -0.1) is 0 Å². The van der Waals surface area contributed by atoms with Crippen molar-refractivity contribution >= 4 is 39.5 Å². The molecule has 0 spiro atoms. The molecule has 5 atom stereocenters. The molecule has 0 bridgehead atoms. The zero-order valence-electron chi connectivity index (χ0n) is 66.1. The second-order valence-corrected chi connectivity index (χ2v) is 29.5. The van der Waals surface area contributed by atoms with Gasteiger partial charge in [0.2, 0.25) is 0 Å². The van der Waals surface area contributed by atoms with Crippen LogP contribution in [0.4, 0.5) is 0 Å². The molecule has 0 radical (unpaired) electrons. The largest absolute Gasteiger partial charge is 0.472 e. The van der Waals surface area contributed by atoms with Gasteiger partial charge in [-0.3, -0.25) is 37.3 Å². The molecular formula is C87H144O17P2. The molecule has 3 N–H and O–H groups in total. The molecule has 19 heteroatoms. The lowest BCUT2D eigenvalue weighted by atomic mass is 10.1. The summed E-state index contributed by atoms with van der Waals surface area (Å²) in [5.74, 6) is -2.32. The van der Waals surface area contributed by atoms with Crippen LogP contribution in [0.2, 0.25) is 0 Å². The van der Waals surface area contributed by atoms with E-state index < -0.39 is 97.5 Å². The summed E-state index contributed by atoms with van der Waals surface area (Å²) in [4.78, 5) is 73.1. The molecule has 0 aromatic heterocycles. The number of aliphatic hydroxyl groups is 1. The summed E-state index contributed by atoms with van der Waals surface area (Å²) < 4.78 is 68.6. The molecule has 0 rings (SSSR count). The second kappa shape index (κ2) is 77.8. The lowest BCUT2D eigenvalue weighted by Gasteiger charge is -2.21. The van der Waals surface area contributed by atoms with Crippen LogP contribution in [-0.2, 0) is 65.4 Å². The van der Waals surface area contributed by atoms with Crippen molar-refractivity contribution < 1.29 is 80.2 Å². The van der Waals surface area contributed by atoms with Gasteiger partial charge in [0.05, 0.1) is 26.4 Å². The highest BCUT2D eigenvalue weighted by Crippen LogP contribution is 2.45. The predicted octanol–water partition coefficient (Wildman–Crippen LogP) is 24.0. The number of carbonyl (C=O) groups excluding carboxylic acids is 4. The Bertz CT molecular complexity index is 2630. The van der Waals surface area contributed by atoms with Crippen molar-refractivity contribution in [3.63, 3.8) is 0 Å². The number of rotatable bonds is 75. The van der Waals surface area contributed by atoms with E-state index in [0.717, 1.165) is 161 Å². The van der Waals surface area contributed by atoms with Gasteiger partial charge in [0.25, 0.3) is 0 Å². The normalized spacial score (nSPS) is 14.7. The zero-order chi connectivity index (χ0) is 77.4. The molecule has 0 aromatic rings. The third-order valence-corrected chi connectivity index (χ3v) is 18.4. The molecule has 0 saturated carbocycles. The van der Waals surface area contributed by atoms with E-state index in [-0.39, 0.29) is 25.7 Å². The Morgan fingerprint density at radius 1 is 0.274 bits per heavy atom. The smallest absolute Gasteiger partial charge is 0.462 e. The molecule has 0 aliphatic rings. The topological polar surface area (TPSA) is 237 Å². The van der Waals surface area contributed by atoms with Gasteiger partial charge in [-0.2, -0.15) is 0 Å². The predicted molar refractivity (Wildman–Crippen MR) is 436 cm³/mol. The Balaban J connectivity index is 5.47. The summed E-state index contributed by atoms with van der Waals surface area (Å²) in [7, 11) is -10.0. The van der Waals surface area contributed by atoms with Crippen LogP contribution in [-0.4, -0.2) is 96.7 Å². The number of unbranched alkanes of at least 4 members (excludes halogenated alkanes) is 23. The van der Waals surface area contributed by atoms with E-state index >= 15 is 0 Å². The third-order valence-electron chi connectivity index (χ3n) is 16.5. The van der Waals surface area contributed by atoms with Crippen molar-refractivity contribution in [3.8, 4) is 0 Å². The van der Waals surface area contributed by atoms with E-state index in [1.807, 2.05) is 12.2 Å². The highest BCUT2D eigenvalue weighted by atomic mass is 31.2. The average molecular weight is 1520 g/mol. The molecule has 106 heavy (non-hydrogen) atoms. The fourth-order valence-corrected chi connectivity index (χ4v) is 11.9. The fraction of sp³-hybridized carbons (Fsp3) is 0.655. The highest BCUT2D eigenvalue weighted by Gasteiger charge is 2.30. The summed E-state index contributed by atoms with van der Waals surface area (Å²) in [6.45, 7) is 4.48. The van der Waals surface area contributed by atoms with Crippen LogP contribution in [0.3, 0.4) is 0 Å². The Labute approximate surface area is 642 Å². The first-order valence-corrected chi connectivity index (χ1v) is 43.7. The van der Waals surface area contributed by atoms with Crippen LogP contribution in [0.5, 0.6) is 0 Å². The molecule has 0 aliphatic carbocycles. The number of phosphoric ester groups is 2. The van der Waals surface area contributed by atoms with E-state index in [1.54, 1.807) is 0 Å². The van der Waals surface area contributed by atoms with Gasteiger partial charge in [0.15, 0.2) is 12.2 Å². The quantitative estimate of drug-likeness (QED) is 0.0169. The molecule has 17 nitrogen and oxygen atoms in total. The van der Waals surface area contributed by atoms with Crippen LogP contribution >= 0.6 is 15.6 Å². The first-order chi connectivity index (χ1) is 51.7. The van der Waals surface area contributed by atoms with Crippen molar-refractivity contribution in [2.45, 2.75) is 329 Å². The van der Waals surface area contributed by atoms with E-state index in [4.69, 9.17) is 37.0 Å². The molecule has 604 valence electrons. The number of allylic oxidation sites excluding steroid dienone is 26. The maximum absolute atomic E-state index is 13.1. The summed E-state index contributed by atoms with van der Waals surface area (Å²) in [5, 5.41) is 10.6. The second-order valence-electron chi connectivity index (χ2n) is 26.6. The van der Waals surface area contributed by atoms with Gasteiger partial charge in [-0.1, -0.05) is 276 Å². The molecule has 0 saturated heterocycles. The number of carbonyl (C=O) groups is 4. The number of esters is 4. The Morgan fingerprint density at radius 3 is 0.840 bits per heavy atom. The molecule has 0 aromatic carbocycles. The number of hydrogen-bond acceptors (Lipinski definition) is 15. The SMILES string of the molecule is CC/C=C\C/C=C\C/C=C\C/C=C\C/C=C\CCCC(=O)OCC(COP(=O)(O)OCC(O)COP(=O)(O)OCC(COC(=O)CCCCCCCC/C=C\C/C=C\C/C=C\CCCCC)OC(=O)CCCCCCC/C=C\CCCCCCCC)OC(=O)CCCC/C=C\C/C=C\C/C=C\C/C=C\CC. The van der Waals surface area contributed by atoms with Gasteiger partial charge in [-0.25, -0.2) is 9.13 Å². The van der Waals surface area contributed by atoms with Crippen LogP contribution in [0.25, 0.3) is 0 Å². The lowest BCUT2D eigenvalue weighted by Crippen LogP contribution is -2.30. The van der Waals surface area contributed by atoms with Crippen molar-refractivity contribution in [3.05, 3.63) is 158 Å². The third kappa shape index (κ3) is 76.9. The maximum Gasteiger partial charge on any atom is 0.472 e. The first kappa shape index (κ1) is 101. The molecule has 0 amide bonds. The minimum Gasteiger partial charge on any atom is -0.462 e. The van der Waals surface area contributed by atoms with Crippen LogP contribution in [0.15, 0.2) is 158 Å². The van der Waals surface area contributed by atoms with Gasteiger partial charge < -0.3 is 33.8 Å². The molecule has 5 unspecified atom stereocenters. The summed E-state index contributed by atoms with van der Waals surface area (Å²) in [6.07, 6.45) is 90.9. The number of aliphatic hydroxyl groups excluding tert-OH is 1. The first-order valence-electron chi connectivity index (χ1n) is 40.7. The molecule has 0 fully saturated rings. The van der Waals surface area contributed by atoms with Crippen molar-refractivity contribution in [2.24, 2.45) is 0 Å². The highest BCUT2D eigenvalue weighted by molar-refractivity contribution is 7.47. The average Bonchev–Trinajstić information content (AvgIpc) is 0.928. The van der Waals surface area contributed by atoms with Crippen LogP contribution in [0.1, 0.15) is 310 Å². The van der Waals surface area contributed by atoms with Crippen molar-refractivity contribution in [1.82, 2.24) is 0 Å². The maximum atomic E-state index is 13.1. The standard InChI is InChI=1S/C87H144O17P2/c1-5-9-13-17-21-25-29-33-37-39-40-42-46-48-52-56-60-64-68-72-85(90)98-78-83(104-87(92)74-70-66-62-58-54-50-44-36-32-28-24-20-16-12-8-4)80-102-106(95,96)100-76-81(88)75-99-105(93,94)101-79-82(103-86(91)73-69-65-61-57-53-49-43-35-31-27-23-19-15-11-7-3)77-97-84(89)71-67-63-59-55-51-47-45-41-38-34-30-26-22-18-14-10-6-2/h10-11,14-15,21-23,25-27,33-38,40,42-45,47,53,55,57,59,81-83,88H,5-9,12-13,16-20,24,28-32,39,41,46,48-52,54,56,58,60-80H2,1-4H3,(H,93,94)(H,95,96)/b14-10-,15-11-,25-21-,26-22-,27-23-,37-33-,38-34-,42-40-,43-35-,44-36-,47-45-,57-53-,59-55-. The summed E-state index contributed by atoms with van der Waals surface area (Å²) >= 11 is 0. The summed E-state index contributed by atoms with van der Waals surface area (Å²) in [5.41, 5.74) is 0. The van der Waals surface area contributed by atoms with Crippen molar-refractivity contribution in [1.29, 1.82) is 0 Å².